The number of carbonyl (C=O) groups is 1. The van der Waals surface area contributed by atoms with Crippen LogP contribution < -0.4 is 4.74 Å². The summed E-state index contributed by atoms with van der Waals surface area (Å²) >= 11 is 0. The van der Waals surface area contributed by atoms with E-state index in [-0.39, 0.29) is 11.6 Å². The van der Waals surface area contributed by atoms with Crippen LogP contribution in [-0.4, -0.2) is 11.4 Å². The highest BCUT2D eigenvalue weighted by Gasteiger charge is 2.39. The van der Waals surface area contributed by atoms with Gasteiger partial charge >= 0.3 is 0 Å². The Bertz CT molecular complexity index is 493. The van der Waals surface area contributed by atoms with E-state index in [1.54, 1.807) is 6.07 Å². The molecule has 1 saturated carbocycles. The molecule has 96 valence electrons. The summed E-state index contributed by atoms with van der Waals surface area (Å²) in [5, 5.41) is 0. The predicted molar refractivity (Wildman–Crippen MR) is 66.3 cm³/mol. The van der Waals surface area contributed by atoms with Crippen molar-refractivity contribution in [3.05, 3.63) is 29.6 Å². The Balaban J connectivity index is 1.85. The first-order chi connectivity index (χ1) is 8.56. The number of fused-ring (bicyclic) bond motifs is 1. The monoisotopic (exact) mass is 248 g/mol. The summed E-state index contributed by atoms with van der Waals surface area (Å²) in [6, 6.07) is 4.20. The molecule has 1 aliphatic carbocycles. The van der Waals surface area contributed by atoms with Crippen LogP contribution in [-0.2, 0) is 0 Å². The van der Waals surface area contributed by atoms with E-state index in [0.29, 0.717) is 23.7 Å². The molecule has 1 atom stereocenters. The number of hydrogen-bond acceptors (Lipinski definition) is 2. The van der Waals surface area contributed by atoms with E-state index in [9.17, 15) is 9.18 Å². The fourth-order valence-electron chi connectivity index (χ4n) is 2.97. The van der Waals surface area contributed by atoms with Gasteiger partial charge in [-0.2, -0.15) is 0 Å². The zero-order valence-corrected chi connectivity index (χ0v) is 10.5. The molecule has 3 rings (SSSR count). The molecule has 1 aromatic carbocycles. The highest BCUT2D eigenvalue weighted by molar-refractivity contribution is 6.00. The van der Waals surface area contributed by atoms with E-state index in [4.69, 9.17) is 4.74 Å². The molecule has 1 fully saturated rings. The van der Waals surface area contributed by atoms with Crippen molar-refractivity contribution in [2.45, 2.75) is 44.6 Å². The summed E-state index contributed by atoms with van der Waals surface area (Å²) in [5.74, 6) is 0.838. The maximum absolute atomic E-state index is 13.1. The highest BCUT2D eigenvalue weighted by Crippen LogP contribution is 2.41. The molecule has 2 aliphatic rings. The fraction of sp³-hybridized carbons (Fsp3) is 0.533. The molecular weight excluding hydrogens is 231 g/mol. The van der Waals surface area contributed by atoms with Gasteiger partial charge in [-0.3, -0.25) is 4.79 Å². The van der Waals surface area contributed by atoms with Crippen LogP contribution in [0.1, 0.15) is 49.4 Å². The van der Waals surface area contributed by atoms with Crippen molar-refractivity contribution >= 4 is 5.78 Å². The minimum absolute atomic E-state index is 0.00225. The van der Waals surface area contributed by atoms with Crippen LogP contribution in [0, 0.1) is 11.7 Å². The SMILES string of the molecule is CC1(CC2CCC2)CC(=O)c2cc(F)ccc2O1. The van der Waals surface area contributed by atoms with Crippen LogP contribution in [0.2, 0.25) is 0 Å². The van der Waals surface area contributed by atoms with Crippen molar-refractivity contribution in [1.29, 1.82) is 0 Å². The third kappa shape index (κ3) is 2.02. The van der Waals surface area contributed by atoms with E-state index in [2.05, 4.69) is 0 Å². The van der Waals surface area contributed by atoms with Gasteiger partial charge in [0.2, 0.25) is 0 Å². The number of ketones is 1. The zero-order chi connectivity index (χ0) is 12.8. The lowest BCUT2D eigenvalue weighted by atomic mass is 9.75. The Morgan fingerprint density at radius 2 is 2.22 bits per heavy atom. The van der Waals surface area contributed by atoms with Crippen LogP contribution in [0.25, 0.3) is 0 Å². The quantitative estimate of drug-likeness (QED) is 0.797. The van der Waals surface area contributed by atoms with Gasteiger partial charge in [0, 0.05) is 0 Å². The third-order valence-electron chi connectivity index (χ3n) is 4.08. The topological polar surface area (TPSA) is 26.3 Å². The first-order valence-corrected chi connectivity index (χ1v) is 6.57. The number of carbonyl (C=O) groups excluding carboxylic acids is 1. The molecule has 1 unspecified atom stereocenters. The Morgan fingerprint density at radius 1 is 1.44 bits per heavy atom. The molecule has 1 aromatic rings. The van der Waals surface area contributed by atoms with E-state index >= 15 is 0 Å². The number of halogens is 1. The second-order valence-electron chi connectivity index (χ2n) is 5.79. The summed E-state index contributed by atoms with van der Waals surface area (Å²) < 4.78 is 19.1. The smallest absolute Gasteiger partial charge is 0.170 e. The molecule has 0 amide bonds. The number of benzene rings is 1. The summed E-state index contributed by atoms with van der Waals surface area (Å²) in [5.41, 5.74) is -0.0198. The van der Waals surface area contributed by atoms with Gasteiger partial charge in [-0.15, -0.1) is 0 Å². The first-order valence-electron chi connectivity index (χ1n) is 6.57. The van der Waals surface area contributed by atoms with E-state index in [1.165, 1.54) is 31.4 Å². The number of hydrogen-bond donors (Lipinski definition) is 0. The molecule has 0 spiro atoms. The van der Waals surface area contributed by atoms with E-state index in [1.807, 2.05) is 6.92 Å². The lowest BCUT2D eigenvalue weighted by Crippen LogP contribution is -2.41. The van der Waals surface area contributed by atoms with Gasteiger partial charge in [-0.25, -0.2) is 4.39 Å². The number of ether oxygens (including phenoxy) is 1. The average molecular weight is 248 g/mol. The Hall–Kier alpha value is -1.38. The minimum Gasteiger partial charge on any atom is -0.486 e. The van der Waals surface area contributed by atoms with Gasteiger partial charge in [0.1, 0.15) is 17.2 Å². The summed E-state index contributed by atoms with van der Waals surface area (Å²) in [4.78, 5) is 12.1. The molecule has 2 nitrogen and oxygen atoms in total. The van der Waals surface area contributed by atoms with Crippen molar-refractivity contribution in [2.75, 3.05) is 0 Å². The molecule has 1 heterocycles. The van der Waals surface area contributed by atoms with Crippen LogP contribution in [0.5, 0.6) is 5.75 Å². The molecule has 0 aromatic heterocycles. The average Bonchev–Trinajstić information content (AvgIpc) is 2.25. The maximum atomic E-state index is 13.1. The van der Waals surface area contributed by atoms with Gasteiger partial charge < -0.3 is 4.74 Å². The third-order valence-corrected chi connectivity index (χ3v) is 4.08. The van der Waals surface area contributed by atoms with Gasteiger partial charge in [0.25, 0.3) is 0 Å². The highest BCUT2D eigenvalue weighted by atomic mass is 19.1. The fourth-order valence-corrected chi connectivity index (χ4v) is 2.97. The molecular formula is C15H17FO2. The lowest BCUT2D eigenvalue weighted by molar-refractivity contribution is 0.0257. The maximum Gasteiger partial charge on any atom is 0.170 e. The van der Waals surface area contributed by atoms with Gasteiger partial charge in [0.05, 0.1) is 12.0 Å². The Labute approximate surface area is 106 Å². The second-order valence-corrected chi connectivity index (χ2v) is 5.79. The van der Waals surface area contributed by atoms with Crippen molar-refractivity contribution in [3.8, 4) is 5.75 Å². The van der Waals surface area contributed by atoms with E-state index < -0.39 is 5.60 Å². The Kier molecular flexibility index (Phi) is 2.65. The van der Waals surface area contributed by atoms with Crippen molar-refractivity contribution in [2.24, 2.45) is 5.92 Å². The van der Waals surface area contributed by atoms with E-state index in [0.717, 1.165) is 6.42 Å². The zero-order valence-electron chi connectivity index (χ0n) is 10.5. The lowest BCUT2D eigenvalue weighted by Gasteiger charge is -2.39. The van der Waals surface area contributed by atoms with Crippen molar-refractivity contribution < 1.29 is 13.9 Å². The molecule has 1 aliphatic heterocycles. The van der Waals surface area contributed by atoms with Gasteiger partial charge in [-0.1, -0.05) is 19.3 Å². The van der Waals surface area contributed by atoms with Crippen LogP contribution in [0.3, 0.4) is 0 Å². The second kappa shape index (κ2) is 4.08. The molecule has 0 radical (unpaired) electrons. The van der Waals surface area contributed by atoms with Crippen LogP contribution in [0.15, 0.2) is 18.2 Å². The number of rotatable bonds is 2. The predicted octanol–water partition coefficient (Wildman–Crippen LogP) is 3.74. The van der Waals surface area contributed by atoms with Crippen LogP contribution >= 0.6 is 0 Å². The van der Waals surface area contributed by atoms with Crippen molar-refractivity contribution in [3.63, 3.8) is 0 Å². The van der Waals surface area contributed by atoms with Crippen LogP contribution in [0.4, 0.5) is 4.39 Å². The first kappa shape index (κ1) is 11.7. The summed E-state index contributed by atoms with van der Waals surface area (Å²) in [6.07, 6.45) is 5.05. The number of Topliss-reactive ketones (excluding diaryl/α,β-unsaturated/α-hetero) is 1. The Morgan fingerprint density at radius 3 is 2.89 bits per heavy atom. The summed E-state index contributed by atoms with van der Waals surface area (Å²) in [6.45, 7) is 2.00. The standard InChI is InChI=1S/C15H17FO2/c1-15(8-10-3-2-4-10)9-13(17)12-7-11(16)5-6-14(12)18-15/h5-7,10H,2-4,8-9H2,1H3. The van der Waals surface area contributed by atoms with Crippen molar-refractivity contribution in [1.82, 2.24) is 0 Å². The summed E-state index contributed by atoms with van der Waals surface area (Å²) in [7, 11) is 0. The molecule has 0 bridgehead atoms. The normalized spacial score (nSPS) is 27.3. The van der Waals surface area contributed by atoms with Gasteiger partial charge in [-0.05, 0) is 37.5 Å². The van der Waals surface area contributed by atoms with Gasteiger partial charge in [0.15, 0.2) is 5.78 Å². The molecule has 0 saturated heterocycles. The molecule has 3 heteroatoms. The molecule has 18 heavy (non-hydrogen) atoms. The largest absolute Gasteiger partial charge is 0.486 e. The molecule has 0 N–H and O–H groups in total. The minimum atomic E-state index is -0.410.